The second kappa shape index (κ2) is 4.59. The molecule has 13 heavy (non-hydrogen) atoms. The Morgan fingerprint density at radius 3 is 2.77 bits per heavy atom. The largest absolute Gasteiger partial charge is 0.267 e. The molecule has 3 heteroatoms. The van der Waals surface area contributed by atoms with E-state index in [9.17, 15) is 0 Å². The molecule has 1 saturated heterocycles. The summed E-state index contributed by atoms with van der Waals surface area (Å²) in [7, 11) is 0. The first kappa shape index (κ1) is 10.5. The van der Waals surface area contributed by atoms with Crippen molar-refractivity contribution >= 4 is 0 Å². The predicted octanol–water partition coefficient (Wildman–Crippen LogP) is 1.80. The summed E-state index contributed by atoms with van der Waals surface area (Å²) in [5, 5.41) is 10.9. The van der Waals surface area contributed by atoms with Crippen LogP contribution in [0, 0.1) is 11.3 Å². The minimum Gasteiger partial charge on any atom is -0.267 e. The first-order valence-electron chi connectivity index (χ1n) is 5.19. The highest BCUT2D eigenvalue weighted by Gasteiger charge is 2.38. The molecule has 1 fully saturated rings. The van der Waals surface area contributed by atoms with Gasteiger partial charge in [-0.2, -0.15) is 5.26 Å². The Labute approximate surface area is 80.5 Å². The van der Waals surface area contributed by atoms with E-state index in [1.54, 1.807) is 5.01 Å². The summed E-state index contributed by atoms with van der Waals surface area (Å²) in [6, 6.07) is 2.39. The third-order valence-corrected chi connectivity index (χ3v) is 2.94. The van der Waals surface area contributed by atoms with Crippen molar-refractivity contribution in [2.24, 2.45) is 5.84 Å². The SMILES string of the molecule is CCCCCC1(C#N)CCCN1N. The second-order valence-corrected chi connectivity index (χ2v) is 3.90. The molecule has 74 valence electrons. The van der Waals surface area contributed by atoms with Crippen LogP contribution in [0.25, 0.3) is 0 Å². The van der Waals surface area contributed by atoms with Crippen molar-refractivity contribution < 1.29 is 0 Å². The van der Waals surface area contributed by atoms with E-state index in [1.807, 2.05) is 0 Å². The van der Waals surface area contributed by atoms with Gasteiger partial charge in [0.2, 0.25) is 0 Å². The first-order chi connectivity index (χ1) is 6.25. The van der Waals surface area contributed by atoms with Gasteiger partial charge >= 0.3 is 0 Å². The maximum absolute atomic E-state index is 9.11. The molecule has 1 aliphatic heterocycles. The molecule has 2 N–H and O–H groups in total. The molecule has 0 aromatic heterocycles. The minimum absolute atomic E-state index is 0.338. The lowest BCUT2D eigenvalue weighted by Crippen LogP contribution is -2.47. The zero-order valence-electron chi connectivity index (χ0n) is 8.42. The molecule has 0 saturated carbocycles. The van der Waals surface area contributed by atoms with Gasteiger partial charge in [-0.05, 0) is 19.3 Å². The van der Waals surface area contributed by atoms with Gasteiger partial charge in [0.1, 0.15) is 5.54 Å². The van der Waals surface area contributed by atoms with Gasteiger partial charge in [0.05, 0.1) is 6.07 Å². The van der Waals surface area contributed by atoms with E-state index in [4.69, 9.17) is 11.1 Å². The molecule has 0 spiro atoms. The summed E-state index contributed by atoms with van der Waals surface area (Å²) in [5.41, 5.74) is -0.338. The quantitative estimate of drug-likeness (QED) is 0.531. The van der Waals surface area contributed by atoms with Gasteiger partial charge in [-0.15, -0.1) is 0 Å². The lowest BCUT2D eigenvalue weighted by Gasteiger charge is -2.28. The van der Waals surface area contributed by atoms with Crippen LogP contribution >= 0.6 is 0 Å². The molecule has 1 aliphatic rings. The Kier molecular flexibility index (Phi) is 3.71. The van der Waals surface area contributed by atoms with E-state index in [-0.39, 0.29) is 5.54 Å². The Balaban J connectivity index is 2.46. The third kappa shape index (κ3) is 2.20. The molecule has 0 amide bonds. The number of hydrogen-bond acceptors (Lipinski definition) is 3. The van der Waals surface area contributed by atoms with Crippen molar-refractivity contribution in [3.63, 3.8) is 0 Å². The highest BCUT2D eigenvalue weighted by atomic mass is 15.5. The molecule has 1 unspecified atom stereocenters. The molecule has 1 atom stereocenters. The van der Waals surface area contributed by atoms with Crippen LogP contribution in [0.5, 0.6) is 0 Å². The van der Waals surface area contributed by atoms with E-state index in [1.165, 1.54) is 12.8 Å². The fourth-order valence-electron chi connectivity index (χ4n) is 2.01. The molecule has 3 nitrogen and oxygen atoms in total. The second-order valence-electron chi connectivity index (χ2n) is 3.90. The first-order valence-corrected chi connectivity index (χ1v) is 5.19. The average molecular weight is 181 g/mol. The van der Waals surface area contributed by atoms with Crippen LogP contribution in [0.4, 0.5) is 0 Å². The molecular formula is C10H19N3. The minimum atomic E-state index is -0.338. The van der Waals surface area contributed by atoms with Crippen molar-refractivity contribution in [3.05, 3.63) is 0 Å². The van der Waals surface area contributed by atoms with E-state index >= 15 is 0 Å². The topological polar surface area (TPSA) is 53.0 Å². The summed E-state index contributed by atoms with van der Waals surface area (Å²) in [5.74, 6) is 5.82. The van der Waals surface area contributed by atoms with Crippen molar-refractivity contribution in [1.29, 1.82) is 5.26 Å². The normalized spacial score (nSPS) is 29.0. The molecule has 0 aliphatic carbocycles. The van der Waals surface area contributed by atoms with Crippen molar-refractivity contribution in [2.75, 3.05) is 6.54 Å². The fourth-order valence-corrected chi connectivity index (χ4v) is 2.01. The average Bonchev–Trinajstić information content (AvgIpc) is 2.49. The van der Waals surface area contributed by atoms with Crippen LogP contribution in [0.1, 0.15) is 45.4 Å². The summed E-state index contributed by atoms with van der Waals surface area (Å²) in [6.07, 6.45) is 6.48. The molecule has 0 bridgehead atoms. The van der Waals surface area contributed by atoms with Crippen LogP contribution < -0.4 is 5.84 Å². The van der Waals surface area contributed by atoms with E-state index in [2.05, 4.69) is 13.0 Å². The summed E-state index contributed by atoms with van der Waals surface area (Å²) in [6.45, 7) is 3.05. The van der Waals surface area contributed by atoms with Gasteiger partial charge in [-0.1, -0.05) is 26.2 Å². The van der Waals surface area contributed by atoms with Crippen LogP contribution in [0.2, 0.25) is 0 Å². The van der Waals surface area contributed by atoms with E-state index in [0.29, 0.717) is 0 Å². The van der Waals surface area contributed by atoms with E-state index < -0.39 is 0 Å². The Morgan fingerprint density at radius 1 is 1.54 bits per heavy atom. The van der Waals surface area contributed by atoms with Crippen molar-refractivity contribution in [1.82, 2.24) is 5.01 Å². The maximum Gasteiger partial charge on any atom is 0.121 e. The van der Waals surface area contributed by atoms with Gasteiger partial charge in [-0.3, -0.25) is 5.84 Å². The Hall–Kier alpha value is -0.590. The predicted molar refractivity (Wildman–Crippen MR) is 52.6 cm³/mol. The zero-order chi connectivity index (χ0) is 9.73. The lowest BCUT2D eigenvalue weighted by molar-refractivity contribution is 0.180. The van der Waals surface area contributed by atoms with Gasteiger partial charge in [-0.25, -0.2) is 5.01 Å². The zero-order valence-corrected chi connectivity index (χ0v) is 8.42. The number of rotatable bonds is 4. The monoisotopic (exact) mass is 181 g/mol. The third-order valence-electron chi connectivity index (χ3n) is 2.94. The van der Waals surface area contributed by atoms with Gasteiger partial charge in [0, 0.05) is 6.54 Å². The van der Waals surface area contributed by atoms with Crippen LogP contribution in [-0.2, 0) is 0 Å². The summed E-state index contributed by atoms with van der Waals surface area (Å²) < 4.78 is 0. The molecule has 1 rings (SSSR count). The lowest BCUT2D eigenvalue weighted by atomic mass is 9.92. The van der Waals surface area contributed by atoms with Crippen molar-refractivity contribution in [3.8, 4) is 6.07 Å². The number of nitriles is 1. The Bertz CT molecular complexity index is 197. The Morgan fingerprint density at radius 2 is 2.31 bits per heavy atom. The number of unbranched alkanes of at least 4 members (excludes halogenated alkanes) is 2. The van der Waals surface area contributed by atoms with E-state index in [0.717, 1.165) is 32.2 Å². The smallest absolute Gasteiger partial charge is 0.121 e. The highest BCUT2D eigenvalue weighted by Crippen LogP contribution is 2.30. The van der Waals surface area contributed by atoms with Crippen LogP contribution in [0.15, 0.2) is 0 Å². The number of hydrogen-bond donors (Lipinski definition) is 1. The summed E-state index contributed by atoms with van der Waals surface area (Å²) in [4.78, 5) is 0. The number of nitrogens with zero attached hydrogens (tertiary/aromatic N) is 2. The van der Waals surface area contributed by atoms with Gasteiger partial charge in [0.15, 0.2) is 0 Å². The number of hydrazine groups is 1. The molecule has 0 aromatic rings. The van der Waals surface area contributed by atoms with Crippen LogP contribution in [0.3, 0.4) is 0 Å². The van der Waals surface area contributed by atoms with Crippen molar-refractivity contribution in [2.45, 2.75) is 51.0 Å². The van der Waals surface area contributed by atoms with Gasteiger partial charge in [0.25, 0.3) is 0 Å². The van der Waals surface area contributed by atoms with Gasteiger partial charge < -0.3 is 0 Å². The number of nitrogens with two attached hydrogens (primary N) is 1. The standard InChI is InChI=1S/C10H19N3/c1-2-3-4-6-10(9-11)7-5-8-13(10)12/h2-8,12H2,1H3. The molecule has 0 aromatic carbocycles. The molecular weight excluding hydrogens is 162 g/mol. The highest BCUT2D eigenvalue weighted by molar-refractivity contribution is 5.09. The fraction of sp³-hybridized carbons (Fsp3) is 0.900. The van der Waals surface area contributed by atoms with Crippen LogP contribution in [-0.4, -0.2) is 17.1 Å². The summed E-state index contributed by atoms with van der Waals surface area (Å²) >= 11 is 0. The maximum atomic E-state index is 9.11. The molecule has 0 radical (unpaired) electrons. The molecule has 1 heterocycles.